The van der Waals surface area contributed by atoms with Gasteiger partial charge in [-0.3, -0.25) is 4.79 Å². The summed E-state index contributed by atoms with van der Waals surface area (Å²) in [4.78, 5) is 14.7. The second kappa shape index (κ2) is 8.45. The minimum atomic E-state index is -3.54. The molecule has 2 aromatic rings. The fourth-order valence-corrected chi connectivity index (χ4v) is 4.79. The number of amides is 1. The molecule has 0 aliphatic carbocycles. The van der Waals surface area contributed by atoms with Crippen LogP contribution in [0.4, 0.5) is 0 Å². The molecule has 0 bridgehead atoms. The van der Waals surface area contributed by atoms with Gasteiger partial charge in [-0.05, 0) is 49.1 Å². The van der Waals surface area contributed by atoms with Crippen LogP contribution >= 0.6 is 0 Å². The van der Waals surface area contributed by atoms with Gasteiger partial charge in [-0.2, -0.15) is 4.31 Å². The number of piperazine rings is 1. The van der Waals surface area contributed by atoms with Crippen molar-refractivity contribution < 1.29 is 13.2 Å². The van der Waals surface area contributed by atoms with Crippen LogP contribution < -0.4 is 0 Å². The van der Waals surface area contributed by atoms with Gasteiger partial charge in [0.2, 0.25) is 10.0 Å². The molecule has 0 spiro atoms. The Hall–Kier alpha value is -2.18. The average Bonchev–Trinajstić information content (AvgIpc) is 2.73. The third-order valence-electron chi connectivity index (χ3n) is 5.52. The van der Waals surface area contributed by atoms with Gasteiger partial charge in [-0.1, -0.05) is 43.7 Å². The summed E-state index contributed by atoms with van der Waals surface area (Å²) in [7, 11) is -3.54. The van der Waals surface area contributed by atoms with E-state index in [1.54, 1.807) is 17.0 Å². The molecule has 0 unspecified atom stereocenters. The second-order valence-electron chi connectivity index (χ2n) is 7.44. The standard InChI is InChI=1S/C22H28N2O3S/c1-4-18(3)19-9-11-21(12-10-19)28(26,27)24-15-13-23(14-16-24)22(25)20-7-5-17(2)6-8-20/h5-12,18H,4,13-16H2,1-3H3/t18-/m1/s1. The molecule has 28 heavy (non-hydrogen) atoms. The Labute approximate surface area is 168 Å². The smallest absolute Gasteiger partial charge is 0.253 e. The first-order chi connectivity index (χ1) is 13.3. The van der Waals surface area contributed by atoms with E-state index in [-0.39, 0.29) is 5.91 Å². The van der Waals surface area contributed by atoms with Gasteiger partial charge in [-0.15, -0.1) is 0 Å². The summed E-state index contributed by atoms with van der Waals surface area (Å²) in [6.07, 6.45) is 1.02. The molecule has 0 radical (unpaired) electrons. The number of carbonyl (C=O) groups is 1. The molecule has 1 atom stereocenters. The zero-order valence-electron chi connectivity index (χ0n) is 16.8. The minimum Gasteiger partial charge on any atom is -0.336 e. The molecule has 2 aromatic carbocycles. The molecule has 0 N–H and O–H groups in total. The van der Waals surface area contributed by atoms with Gasteiger partial charge in [0, 0.05) is 31.7 Å². The van der Waals surface area contributed by atoms with Crippen molar-refractivity contribution in [3.63, 3.8) is 0 Å². The maximum absolute atomic E-state index is 12.9. The highest BCUT2D eigenvalue weighted by Gasteiger charge is 2.30. The number of nitrogens with zero attached hydrogens (tertiary/aromatic N) is 2. The molecule has 1 fully saturated rings. The quantitative estimate of drug-likeness (QED) is 0.770. The van der Waals surface area contributed by atoms with E-state index in [1.165, 1.54) is 4.31 Å². The fourth-order valence-electron chi connectivity index (χ4n) is 3.36. The lowest BCUT2D eigenvalue weighted by atomic mass is 9.99. The van der Waals surface area contributed by atoms with Crippen LogP contribution in [0.25, 0.3) is 0 Å². The molecule has 0 saturated carbocycles. The largest absolute Gasteiger partial charge is 0.336 e. The third kappa shape index (κ3) is 4.28. The topological polar surface area (TPSA) is 57.7 Å². The molecular weight excluding hydrogens is 372 g/mol. The van der Waals surface area contributed by atoms with Crippen LogP contribution in [0.2, 0.25) is 0 Å². The van der Waals surface area contributed by atoms with Gasteiger partial charge in [0.1, 0.15) is 0 Å². The van der Waals surface area contributed by atoms with Crippen molar-refractivity contribution in [2.75, 3.05) is 26.2 Å². The minimum absolute atomic E-state index is 0.0463. The van der Waals surface area contributed by atoms with Gasteiger partial charge in [0.15, 0.2) is 0 Å². The van der Waals surface area contributed by atoms with Gasteiger partial charge in [0.25, 0.3) is 5.91 Å². The summed E-state index contributed by atoms with van der Waals surface area (Å²) in [5, 5.41) is 0. The maximum Gasteiger partial charge on any atom is 0.253 e. The Balaban J connectivity index is 1.66. The van der Waals surface area contributed by atoms with E-state index in [1.807, 2.05) is 43.3 Å². The van der Waals surface area contributed by atoms with Crippen LogP contribution in [0.3, 0.4) is 0 Å². The van der Waals surface area contributed by atoms with Crippen molar-refractivity contribution in [2.45, 2.75) is 38.0 Å². The zero-order valence-corrected chi connectivity index (χ0v) is 17.6. The molecular formula is C22H28N2O3S. The van der Waals surface area contributed by atoms with E-state index in [0.717, 1.165) is 17.5 Å². The molecule has 0 aromatic heterocycles. The highest BCUT2D eigenvalue weighted by atomic mass is 32.2. The van der Waals surface area contributed by atoms with E-state index in [9.17, 15) is 13.2 Å². The highest BCUT2D eigenvalue weighted by molar-refractivity contribution is 7.89. The van der Waals surface area contributed by atoms with Crippen LogP contribution in [0, 0.1) is 6.92 Å². The lowest BCUT2D eigenvalue weighted by Crippen LogP contribution is -2.50. The normalized spacial score (nSPS) is 16.8. The average molecular weight is 401 g/mol. The Kier molecular flexibility index (Phi) is 6.20. The van der Waals surface area contributed by atoms with Crippen LogP contribution in [0.15, 0.2) is 53.4 Å². The molecule has 1 heterocycles. The van der Waals surface area contributed by atoms with Crippen molar-refractivity contribution in [1.82, 2.24) is 9.21 Å². The van der Waals surface area contributed by atoms with E-state index >= 15 is 0 Å². The molecule has 5 nitrogen and oxygen atoms in total. The van der Waals surface area contributed by atoms with Gasteiger partial charge in [0.05, 0.1) is 4.90 Å². The van der Waals surface area contributed by atoms with Crippen molar-refractivity contribution in [2.24, 2.45) is 0 Å². The van der Waals surface area contributed by atoms with Gasteiger partial charge >= 0.3 is 0 Å². The summed E-state index contributed by atoms with van der Waals surface area (Å²) in [5.41, 5.74) is 2.89. The zero-order chi connectivity index (χ0) is 20.3. The first kappa shape index (κ1) is 20.6. The Morgan fingerprint density at radius 2 is 1.54 bits per heavy atom. The number of hydrogen-bond donors (Lipinski definition) is 0. The Morgan fingerprint density at radius 1 is 0.964 bits per heavy atom. The van der Waals surface area contributed by atoms with Crippen LogP contribution in [-0.2, 0) is 10.0 Å². The maximum atomic E-state index is 12.9. The number of rotatable bonds is 5. The first-order valence-electron chi connectivity index (χ1n) is 9.79. The molecule has 1 aliphatic rings. The first-order valence-corrected chi connectivity index (χ1v) is 11.2. The van der Waals surface area contributed by atoms with Crippen molar-refractivity contribution >= 4 is 15.9 Å². The summed E-state index contributed by atoms with van der Waals surface area (Å²) < 4.78 is 27.4. The van der Waals surface area contributed by atoms with E-state index < -0.39 is 10.0 Å². The fraction of sp³-hybridized carbons (Fsp3) is 0.409. The number of benzene rings is 2. The molecule has 6 heteroatoms. The number of aryl methyl sites for hydroxylation is 1. The number of hydrogen-bond acceptors (Lipinski definition) is 3. The van der Waals surface area contributed by atoms with Gasteiger partial charge < -0.3 is 4.90 Å². The Bertz CT molecular complexity index is 913. The molecule has 150 valence electrons. The van der Waals surface area contributed by atoms with E-state index in [4.69, 9.17) is 0 Å². The monoisotopic (exact) mass is 400 g/mol. The summed E-state index contributed by atoms with van der Waals surface area (Å²) in [6.45, 7) is 7.65. The van der Waals surface area contributed by atoms with Crippen molar-refractivity contribution in [1.29, 1.82) is 0 Å². The van der Waals surface area contributed by atoms with E-state index in [0.29, 0.717) is 42.6 Å². The summed E-state index contributed by atoms with van der Waals surface area (Å²) >= 11 is 0. The summed E-state index contributed by atoms with van der Waals surface area (Å²) in [6, 6.07) is 14.7. The lowest BCUT2D eigenvalue weighted by Gasteiger charge is -2.34. The van der Waals surface area contributed by atoms with Crippen molar-refractivity contribution in [3.05, 3.63) is 65.2 Å². The van der Waals surface area contributed by atoms with Crippen molar-refractivity contribution in [3.8, 4) is 0 Å². The third-order valence-corrected chi connectivity index (χ3v) is 7.44. The Morgan fingerprint density at radius 3 is 2.07 bits per heavy atom. The van der Waals surface area contributed by atoms with Crippen LogP contribution in [0.5, 0.6) is 0 Å². The molecule has 3 rings (SSSR count). The highest BCUT2D eigenvalue weighted by Crippen LogP contribution is 2.23. The van der Waals surface area contributed by atoms with Gasteiger partial charge in [-0.25, -0.2) is 8.42 Å². The van der Waals surface area contributed by atoms with E-state index in [2.05, 4.69) is 13.8 Å². The molecule has 1 saturated heterocycles. The SMILES string of the molecule is CC[C@@H](C)c1ccc(S(=O)(=O)N2CCN(C(=O)c3ccc(C)cc3)CC2)cc1. The second-order valence-corrected chi connectivity index (χ2v) is 9.38. The predicted molar refractivity (Wildman–Crippen MR) is 111 cm³/mol. The number of sulfonamides is 1. The lowest BCUT2D eigenvalue weighted by molar-refractivity contribution is 0.0698. The summed E-state index contributed by atoms with van der Waals surface area (Å²) in [5.74, 6) is 0.364. The van der Waals surface area contributed by atoms with Crippen LogP contribution in [0.1, 0.15) is 47.7 Å². The van der Waals surface area contributed by atoms with Crippen LogP contribution in [-0.4, -0.2) is 49.7 Å². The number of carbonyl (C=O) groups excluding carboxylic acids is 1. The molecule has 1 aliphatic heterocycles. The molecule has 1 amide bonds. The predicted octanol–water partition coefficient (Wildman–Crippen LogP) is 3.66.